The van der Waals surface area contributed by atoms with E-state index in [2.05, 4.69) is 0 Å². The Kier molecular flexibility index (Phi) is 4.71. The van der Waals surface area contributed by atoms with Crippen LogP contribution in [0.4, 0.5) is 0 Å². The number of methoxy groups -OCH3 is 3. The highest BCUT2D eigenvalue weighted by molar-refractivity contribution is 5.59. The Morgan fingerprint density at radius 2 is 1.93 bits per heavy atom. The van der Waals surface area contributed by atoms with Gasteiger partial charge in [0.2, 0.25) is 0 Å². The van der Waals surface area contributed by atoms with Gasteiger partial charge in [0.05, 0.1) is 20.8 Å². The first-order valence-corrected chi connectivity index (χ1v) is 4.69. The molecule has 0 saturated heterocycles. The van der Waals surface area contributed by atoms with E-state index in [1.165, 1.54) is 0 Å². The highest BCUT2D eigenvalue weighted by Crippen LogP contribution is 2.24. The Bertz CT molecular complexity index is 332. The molecule has 0 aliphatic rings. The number of hydrogen-bond acceptors (Lipinski definition) is 3. The lowest BCUT2D eigenvalue weighted by Crippen LogP contribution is -1.89. The van der Waals surface area contributed by atoms with E-state index in [1.54, 1.807) is 21.3 Å². The summed E-state index contributed by atoms with van der Waals surface area (Å²) in [6, 6.07) is 5.67. The van der Waals surface area contributed by atoms with Crippen molar-refractivity contribution in [3.05, 3.63) is 29.8 Å². The predicted octanol–water partition coefficient (Wildman–Crippen LogP) is 2.36. The molecule has 1 aromatic carbocycles. The molecule has 0 saturated carbocycles. The fraction of sp³-hybridized carbons (Fsp3) is 0.333. The van der Waals surface area contributed by atoms with E-state index in [9.17, 15) is 0 Å². The van der Waals surface area contributed by atoms with Crippen LogP contribution in [-0.2, 0) is 4.74 Å². The van der Waals surface area contributed by atoms with Gasteiger partial charge in [-0.15, -0.1) is 0 Å². The van der Waals surface area contributed by atoms with Crippen LogP contribution < -0.4 is 9.47 Å². The van der Waals surface area contributed by atoms with Crippen LogP contribution in [-0.4, -0.2) is 27.9 Å². The maximum atomic E-state index is 5.23. The Morgan fingerprint density at radius 3 is 2.53 bits per heavy atom. The van der Waals surface area contributed by atoms with Crippen LogP contribution in [0.2, 0.25) is 0 Å². The number of benzene rings is 1. The first-order chi connectivity index (χ1) is 7.31. The molecule has 15 heavy (non-hydrogen) atoms. The molecule has 0 N–H and O–H groups in total. The van der Waals surface area contributed by atoms with Gasteiger partial charge in [-0.2, -0.15) is 0 Å². The minimum Gasteiger partial charge on any atom is -0.497 e. The van der Waals surface area contributed by atoms with Crippen molar-refractivity contribution in [2.75, 3.05) is 27.9 Å². The van der Waals surface area contributed by atoms with Gasteiger partial charge in [0.1, 0.15) is 11.5 Å². The average Bonchev–Trinajstić information content (AvgIpc) is 2.29. The summed E-state index contributed by atoms with van der Waals surface area (Å²) >= 11 is 0. The summed E-state index contributed by atoms with van der Waals surface area (Å²) in [6.07, 6.45) is 3.88. The van der Waals surface area contributed by atoms with Gasteiger partial charge in [0.25, 0.3) is 0 Å². The van der Waals surface area contributed by atoms with Gasteiger partial charge in [-0.05, 0) is 18.2 Å². The molecule has 1 rings (SSSR count). The highest BCUT2D eigenvalue weighted by atomic mass is 16.5. The van der Waals surface area contributed by atoms with Crippen LogP contribution in [0.1, 0.15) is 5.56 Å². The Morgan fingerprint density at radius 1 is 1.13 bits per heavy atom. The molecule has 0 spiro atoms. The molecule has 0 amide bonds. The zero-order valence-corrected chi connectivity index (χ0v) is 9.32. The van der Waals surface area contributed by atoms with E-state index in [0.29, 0.717) is 6.61 Å². The van der Waals surface area contributed by atoms with E-state index >= 15 is 0 Å². The normalized spacial score (nSPS) is 10.6. The topological polar surface area (TPSA) is 27.7 Å². The maximum absolute atomic E-state index is 5.23. The summed E-state index contributed by atoms with van der Waals surface area (Å²) in [5.74, 6) is 1.64. The largest absolute Gasteiger partial charge is 0.497 e. The number of rotatable bonds is 5. The maximum Gasteiger partial charge on any atom is 0.126 e. The van der Waals surface area contributed by atoms with Gasteiger partial charge >= 0.3 is 0 Å². The molecule has 82 valence electrons. The second-order valence-corrected chi connectivity index (χ2v) is 2.97. The zero-order chi connectivity index (χ0) is 11.1. The lowest BCUT2D eigenvalue weighted by atomic mass is 10.1. The third kappa shape index (κ3) is 3.29. The monoisotopic (exact) mass is 208 g/mol. The fourth-order valence-corrected chi connectivity index (χ4v) is 1.24. The van der Waals surface area contributed by atoms with Crippen LogP contribution in [0.3, 0.4) is 0 Å². The standard InChI is InChI=1S/C12H16O3/c1-13-8-4-5-10-9-11(14-2)6-7-12(10)15-3/h4-7,9H,8H2,1-3H3. The smallest absolute Gasteiger partial charge is 0.126 e. The van der Waals surface area contributed by atoms with Crippen LogP contribution in [0.15, 0.2) is 24.3 Å². The van der Waals surface area contributed by atoms with E-state index in [1.807, 2.05) is 30.4 Å². The molecule has 3 heteroatoms. The van der Waals surface area contributed by atoms with Crippen molar-refractivity contribution >= 4 is 6.08 Å². The Labute approximate surface area is 90.3 Å². The van der Waals surface area contributed by atoms with E-state index in [0.717, 1.165) is 17.1 Å². The third-order valence-corrected chi connectivity index (χ3v) is 2.00. The van der Waals surface area contributed by atoms with E-state index < -0.39 is 0 Å². The molecular formula is C12H16O3. The van der Waals surface area contributed by atoms with Crippen LogP contribution >= 0.6 is 0 Å². The van der Waals surface area contributed by atoms with Gasteiger partial charge in [0, 0.05) is 12.7 Å². The molecule has 0 heterocycles. The molecule has 0 aliphatic carbocycles. The molecule has 0 unspecified atom stereocenters. The van der Waals surface area contributed by atoms with E-state index in [-0.39, 0.29) is 0 Å². The average molecular weight is 208 g/mol. The second-order valence-electron chi connectivity index (χ2n) is 2.97. The fourth-order valence-electron chi connectivity index (χ4n) is 1.24. The molecular weight excluding hydrogens is 192 g/mol. The van der Waals surface area contributed by atoms with Crippen molar-refractivity contribution < 1.29 is 14.2 Å². The second kappa shape index (κ2) is 6.09. The summed E-state index contributed by atoms with van der Waals surface area (Å²) in [7, 11) is 4.95. The molecule has 0 fully saturated rings. The third-order valence-electron chi connectivity index (χ3n) is 2.00. The Hall–Kier alpha value is -1.48. The summed E-state index contributed by atoms with van der Waals surface area (Å²) < 4.78 is 15.3. The van der Waals surface area contributed by atoms with Crippen molar-refractivity contribution in [1.82, 2.24) is 0 Å². The van der Waals surface area contributed by atoms with Crippen molar-refractivity contribution in [1.29, 1.82) is 0 Å². The van der Waals surface area contributed by atoms with Crippen LogP contribution in [0.25, 0.3) is 6.08 Å². The van der Waals surface area contributed by atoms with Crippen molar-refractivity contribution in [2.24, 2.45) is 0 Å². The minimum atomic E-state index is 0.584. The van der Waals surface area contributed by atoms with Gasteiger partial charge in [-0.1, -0.05) is 12.2 Å². The first kappa shape index (κ1) is 11.6. The van der Waals surface area contributed by atoms with Crippen LogP contribution in [0.5, 0.6) is 11.5 Å². The zero-order valence-electron chi connectivity index (χ0n) is 9.32. The molecule has 3 nitrogen and oxygen atoms in total. The van der Waals surface area contributed by atoms with Crippen molar-refractivity contribution in [3.8, 4) is 11.5 Å². The SMILES string of the molecule is COCC=Cc1cc(OC)ccc1OC. The molecule has 0 radical (unpaired) electrons. The summed E-state index contributed by atoms with van der Waals surface area (Å²) in [5, 5.41) is 0. The number of ether oxygens (including phenoxy) is 3. The minimum absolute atomic E-state index is 0.584. The lowest BCUT2D eigenvalue weighted by molar-refractivity contribution is 0.234. The van der Waals surface area contributed by atoms with Crippen molar-refractivity contribution in [3.63, 3.8) is 0 Å². The summed E-state index contributed by atoms with van der Waals surface area (Å²) in [6.45, 7) is 0.584. The quantitative estimate of drug-likeness (QED) is 0.743. The lowest BCUT2D eigenvalue weighted by Gasteiger charge is -2.06. The molecule has 1 aromatic rings. The first-order valence-electron chi connectivity index (χ1n) is 4.69. The Balaban J connectivity index is 2.90. The van der Waals surface area contributed by atoms with Gasteiger partial charge < -0.3 is 14.2 Å². The highest BCUT2D eigenvalue weighted by Gasteiger charge is 2.00. The molecule has 0 aromatic heterocycles. The number of hydrogen-bond donors (Lipinski definition) is 0. The van der Waals surface area contributed by atoms with Crippen LogP contribution in [0, 0.1) is 0 Å². The molecule has 0 atom stereocenters. The predicted molar refractivity (Wildman–Crippen MR) is 60.5 cm³/mol. The van der Waals surface area contributed by atoms with Gasteiger partial charge in [0.15, 0.2) is 0 Å². The molecule has 0 aliphatic heterocycles. The molecule has 0 bridgehead atoms. The summed E-state index contributed by atoms with van der Waals surface area (Å²) in [4.78, 5) is 0. The van der Waals surface area contributed by atoms with Crippen molar-refractivity contribution in [2.45, 2.75) is 0 Å². The van der Waals surface area contributed by atoms with E-state index in [4.69, 9.17) is 14.2 Å². The van der Waals surface area contributed by atoms with Gasteiger partial charge in [-0.3, -0.25) is 0 Å². The van der Waals surface area contributed by atoms with Gasteiger partial charge in [-0.25, -0.2) is 0 Å². The summed E-state index contributed by atoms with van der Waals surface area (Å²) in [5.41, 5.74) is 0.980.